The molecule has 1 aromatic heterocycles. The SMILES string of the molecule is CC(C)(C)NC(=O)c1ccc(C(F)(F)F)nc1C[C@H](O)[C@H](N)Cc1cc(F)c(F)cc1F. The van der Waals surface area contributed by atoms with Gasteiger partial charge in [0.05, 0.1) is 17.4 Å². The average molecular weight is 463 g/mol. The molecule has 1 amide bonds. The maximum Gasteiger partial charge on any atom is 0.433 e. The zero-order chi connectivity index (χ0) is 24.4. The number of nitrogens with zero attached hydrogens (tertiary/aromatic N) is 1. The van der Waals surface area contributed by atoms with Crippen LogP contribution in [0.3, 0.4) is 0 Å². The highest BCUT2D eigenvalue weighted by Crippen LogP contribution is 2.29. The third-order valence-electron chi connectivity index (χ3n) is 4.44. The maximum absolute atomic E-state index is 13.9. The van der Waals surface area contributed by atoms with Crippen molar-refractivity contribution < 1.29 is 36.2 Å². The van der Waals surface area contributed by atoms with Gasteiger partial charge in [-0.2, -0.15) is 13.2 Å². The molecule has 176 valence electrons. The number of aliphatic hydroxyl groups is 1. The smallest absolute Gasteiger partial charge is 0.391 e. The number of nitrogens with two attached hydrogens (primary N) is 1. The standard InChI is InChI=1S/C21H23F6N3O2/c1-20(2,3)30-19(32)11-4-5-18(21(25,26)27)29-16(11)9-17(31)15(28)7-10-6-13(23)14(24)8-12(10)22/h4-6,8,15,17,31H,7,9,28H2,1-3H3,(H,30,32)/t15-,17+/m1/s1. The fourth-order valence-electron chi connectivity index (χ4n) is 2.89. The summed E-state index contributed by atoms with van der Waals surface area (Å²) in [6.45, 7) is 5.01. The molecule has 32 heavy (non-hydrogen) atoms. The van der Waals surface area contributed by atoms with Gasteiger partial charge in [-0.1, -0.05) is 0 Å². The van der Waals surface area contributed by atoms with E-state index < -0.39 is 65.8 Å². The van der Waals surface area contributed by atoms with Crippen LogP contribution in [-0.4, -0.2) is 33.7 Å². The van der Waals surface area contributed by atoms with Gasteiger partial charge < -0.3 is 16.2 Å². The van der Waals surface area contributed by atoms with Crippen molar-refractivity contribution in [1.29, 1.82) is 0 Å². The average Bonchev–Trinajstić information content (AvgIpc) is 2.63. The Morgan fingerprint density at radius 2 is 1.66 bits per heavy atom. The third-order valence-corrected chi connectivity index (χ3v) is 4.44. The molecule has 0 spiro atoms. The van der Waals surface area contributed by atoms with Crippen LogP contribution in [0.15, 0.2) is 24.3 Å². The van der Waals surface area contributed by atoms with E-state index in [9.17, 15) is 36.2 Å². The Morgan fingerprint density at radius 1 is 1.06 bits per heavy atom. The second kappa shape index (κ2) is 9.45. The summed E-state index contributed by atoms with van der Waals surface area (Å²) >= 11 is 0. The molecule has 0 unspecified atom stereocenters. The van der Waals surface area contributed by atoms with Crippen LogP contribution in [0, 0.1) is 17.5 Å². The number of amides is 1. The number of rotatable bonds is 6. The minimum absolute atomic E-state index is 0.196. The molecule has 5 nitrogen and oxygen atoms in total. The van der Waals surface area contributed by atoms with Crippen molar-refractivity contribution in [3.05, 3.63) is 64.2 Å². The van der Waals surface area contributed by atoms with Crippen LogP contribution in [0.4, 0.5) is 26.3 Å². The van der Waals surface area contributed by atoms with Gasteiger partial charge in [0.1, 0.15) is 11.5 Å². The Bertz CT molecular complexity index is 989. The third kappa shape index (κ3) is 6.67. The molecule has 11 heteroatoms. The Hall–Kier alpha value is -2.66. The van der Waals surface area contributed by atoms with Crippen molar-refractivity contribution >= 4 is 5.91 Å². The summed E-state index contributed by atoms with van der Waals surface area (Å²) in [6.07, 6.45) is -7.37. The van der Waals surface area contributed by atoms with Gasteiger partial charge in [0.25, 0.3) is 5.91 Å². The predicted molar refractivity (Wildman–Crippen MR) is 104 cm³/mol. The van der Waals surface area contributed by atoms with Crippen molar-refractivity contribution in [2.24, 2.45) is 5.73 Å². The van der Waals surface area contributed by atoms with Crippen molar-refractivity contribution in [3.8, 4) is 0 Å². The number of hydrogen-bond donors (Lipinski definition) is 3. The molecule has 1 heterocycles. The Morgan fingerprint density at radius 3 is 2.22 bits per heavy atom. The number of aliphatic hydroxyl groups excluding tert-OH is 1. The van der Waals surface area contributed by atoms with Gasteiger partial charge in [0.2, 0.25) is 0 Å². The first-order chi connectivity index (χ1) is 14.6. The molecule has 2 rings (SSSR count). The van der Waals surface area contributed by atoms with E-state index in [2.05, 4.69) is 10.3 Å². The number of halogens is 6. The fourth-order valence-corrected chi connectivity index (χ4v) is 2.89. The van der Waals surface area contributed by atoms with E-state index in [0.717, 1.165) is 6.07 Å². The minimum atomic E-state index is -4.80. The monoisotopic (exact) mass is 463 g/mol. The first-order valence-electron chi connectivity index (χ1n) is 9.55. The van der Waals surface area contributed by atoms with E-state index in [-0.39, 0.29) is 16.8 Å². The van der Waals surface area contributed by atoms with Crippen molar-refractivity contribution in [2.45, 2.75) is 57.5 Å². The second-order valence-electron chi connectivity index (χ2n) is 8.39. The van der Waals surface area contributed by atoms with E-state index in [1.54, 1.807) is 20.8 Å². The molecule has 0 saturated carbocycles. The number of pyridine rings is 1. The molecule has 0 fully saturated rings. The highest BCUT2D eigenvalue weighted by Gasteiger charge is 2.34. The number of aromatic nitrogens is 1. The molecule has 2 atom stereocenters. The van der Waals surface area contributed by atoms with Gasteiger partial charge in [-0.15, -0.1) is 0 Å². The summed E-state index contributed by atoms with van der Waals surface area (Å²) in [5, 5.41) is 13.0. The number of carbonyl (C=O) groups is 1. The number of hydrogen-bond acceptors (Lipinski definition) is 4. The summed E-state index contributed by atoms with van der Waals surface area (Å²) < 4.78 is 79.7. The van der Waals surface area contributed by atoms with Crippen molar-refractivity contribution in [2.75, 3.05) is 0 Å². The van der Waals surface area contributed by atoms with Crippen molar-refractivity contribution in [1.82, 2.24) is 10.3 Å². The first kappa shape index (κ1) is 25.6. The van der Waals surface area contributed by atoms with E-state index in [4.69, 9.17) is 5.73 Å². The summed E-state index contributed by atoms with van der Waals surface area (Å²) in [5.41, 5.74) is 2.97. The van der Waals surface area contributed by atoms with Crippen LogP contribution in [0.1, 0.15) is 48.1 Å². The Balaban J connectivity index is 2.32. The lowest BCUT2D eigenvalue weighted by molar-refractivity contribution is -0.141. The lowest BCUT2D eigenvalue weighted by Crippen LogP contribution is -2.42. The lowest BCUT2D eigenvalue weighted by Gasteiger charge is -2.23. The van der Waals surface area contributed by atoms with Crippen LogP contribution in [0.5, 0.6) is 0 Å². The van der Waals surface area contributed by atoms with Crippen LogP contribution < -0.4 is 11.1 Å². The fraction of sp³-hybridized carbons (Fsp3) is 0.429. The van der Waals surface area contributed by atoms with Crippen molar-refractivity contribution in [3.63, 3.8) is 0 Å². The molecule has 1 aromatic carbocycles. The molecule has 0 aliphatic carbocycles. The van der Waals surface area contributed by atoms with Gasteiger partial charge in [-0.25, -0.2) is 18.2 Å². The quantitative estimate of drug-likeness (QED) is 0.452. The van der Waals surface area contributed by atoms with Gasteiger partial charge in [0.15, 0.2) is 11.6 Å². The largest absolute Gasteiger partial charge is 0.433 e. The minimum Gasteiger partial charge on any atom is -0.391 e. The normalized spacial score (nSPS) is 14.2. The van der Waals surface area contributed by atoms with E-state index in [0.29, 0.717) is 18.2 Å². The van der Waals surface area contributed by atoms with Gasteiger partial charge in [-0.05, 0) is 51.0 Å². The Labute approximate surface area is 180 Å². The number of nitrogens with one attached hydrogen (secondary N) is 1. The zero-order valence-corrected chi connectivity index (χ0v) is 17.5. The predicted octanol–water partition coefficient (Wildman–Crippen LogP) is 3.52. The summed E-state index contributed by atoms with van der Waals surface area (Å²) in [4.78, 5) is 16.0. The molecule has 0 bridgehead atoms. The van der Waals surface area contributed by atoms with Crippen LogP contribution in [0.2, 0.25) is 0 Å². The van der Waals surface area contributed by atoms with Crippen LogP contribution >= 0.6 is 0 Å². The number of benzene rings is 1. The maximum atomic E-state index is 13.9. The highest BCUT2D eigenvalue weighted by atomic mass is 19.4. The van der Waals surface area contributed by atoms with E-state index in [1.807, 2.05) is 0 Å². The first-order valence-corrected chi connectivity index (χ1v) is 9.55. The number of alkyl halides is 3. The zero-order valence-electron chi connectivity index (χ0n) is 17.5. The highest BCUT2D eigenvalue weighted by molar-refractivity contribution is 5.95. The van der Waals surface area contributed by atoms with E-state index >= 15 is 0 Å². The van der Waals surface area contributed by atoms with Gasteiger partial charge in [-0.3, -0.25) is 4.79 Å². The van der Waals surface area contributed by atoms with Crippen LogP contribution in [-0.2, 0) is 19.0 Å². The van der Waals surface area contributed by atoms with E-state index in [1.165, 1.54) is 0 Å². The topological polar surface area (TPSA) is 88.2 Å². The second-order valence-corrected chi connectivity index (χ2v) is 8.39. The van der Waals surface area contributed by atoms with Gasteiger partial charge >= 0.3 is 6.18 Å². The van der Waals surface area contributed by atoms with Crippen LogP contribution in [0.25, 0.3) is 0 Å². The Kier molecular flexibility index (Phi) is 7.56. The molecular formula is C21H23F6N3O2. The lowest BCUT2D eigenvalue weighted by atomic mass is 9.96. The molecule has 2 aromatic rings. The molecular weight excluding hydrogens is 440 g/mol. The summed E-state index contributed by atoms with van der Waals surface area (Å²) in [7, 11) is 0. The molecule has 0 radical (unpaired) electrons. The molecule has 0 aliphatic rings. The number of carbonyl (C=O) groups excluding carboxylic acids is 1. The van der Waals surface area contributed by atoms with Gasteiger partial charge in [0, 0.05) is 24.1 Å². The summed E-state index contributed by atoms with van der Waals surface area (Å²) in [6, 6.07) is 1.22. The molecule has 0 aliphatic heterocycles. The molecule has 4 N–H and O–H groups in total. The molecule has 0 saturated heterocycles. The summed E-state index contributed by atoms with van der Waals surface area (Å²) in [5.74, 6) is -4.51.